The van der Waals surface area contributed by atoms with Crippen LogP contribution in [0, 0.1) is 12.7 Å². The van der Waals surface area contributed by atoms with E-state index in [2.05, 4.69) is 9.69 Å². The lowest BCUT2D eigenvalue weighted by Crippen LogP contribution is -2.50. The lowest BCUT2D eigenvalue weighted by molar-refractivity contribution is -0.134. The largest absolute Gasteiger partial charge is 0.452 e. The first-order valence-corrected chi connectivity index (χ1v) is 9.37. The number of ether oxygens (including phenoxy) is 1. The third-order valence-corrected chi connectivity index (χ3v) is 5.40. The van der Waals surface area contributed by atoms with E-state index in [0.717, 1.165) is 0 Å². The van der Waals surface area contributed by atoms with E-state index in [1.807, 2.05) is 4.90 Å². The minimum Gasteiger partial charge on any atom is -0.452 e. The van der Waals surface area contributed by atoms with Gasteiger partial charge in [-0.15, -0.1) is 0 Å². The van der Waals surface area contributed by atoms with E-state index in [0.29, 0.717) is 48.1 Å². The standard InChI is InChI=1S/C18H21FN4O3S/c1-12-16(17(20-2)27-21-12)18(25)26-11-15(24)23-9-7-22(8-10-23)14-6-4-3-5-13(14)19/h3-6,20H,7-11H2,1-2H3. The number of esters is 1. The molecule has 1 fully saturated rings. The number of nitrogens with one attached hydrogen (secondary N) is 1. The molecule has 27 heavy (non-hydrogen) atoms. The SMILES string of the molecule is CNc1snc(C)c1C(=O)OCC(=O)N1CCN(c2ccccc2F)CC1. The first-order chi connectivity index (χ1) is 13.0. The highest BCUT2D eigenvalue weighted by Crippen LogP contribution is 2.24. The molecule has 0 atom stereocenters. The number of para-hydroxylation sites is 1. The third-order valence-electron chi connectivity index (χ3n) is 4.45. The minimum absolute atomic E-state index is 0.261. The third kappa shape index (κ3) is 4.19. The van der Waals surface area contributed by atoms with Gasteiger partial charge in [-0.2, -0.15) is 4.37 Å². The van der Waals surface area contributed by atoms with Gasteiger partial charge in [0, 0.05) is 33.2 Å². The van der Waals surface area contributed by atoms with Crippen molar-refractivity contribution in [2.24, 2.45) is 0 Å². The second-order valence-electron chi connectivity index (χ2n) is 6.12. The van der Waals surface area contributed by atoms with E-state index < -0.39 is 5.97 Å². The number of nitrogens with zero attached hydrogens (tertiary/aromatic N) is 3. The number of carbonyl (C=O) groups is 2. The summed E-state index contributed by atoms with van der Waals surface area (Å²) in [5.41, 5.74) is 1.47. The van der Waals surface area contributed by atoms with Crippen molar-refractivity contribution in [3.05, 3.63) is 41.3 Å². The number of carbonyl (C=O) groups excluding carboxylic acids is 2. The van der Waals surface area contributed by atoms with Gasteiger partial charge in [0.1, 0.15) is 16.4 Å². The Morgan fingerprint density at radius 3 is 2.63 bits per heavy atom. The summed E-state index contributed by atoms with van der Waals surface area (Å²) in [5, 5.41) is 3.51. The van der Waals surface area contributed by atoms with Crippen LogP contribution in [0.3, 0.4) is 0 Å². The van der Waals surface area contributed by atoms with Crippen LogP contribution >= 0.6 is 11.5 Å². The normalized spacial score (nSPS) is 14.2. The summed E-state index contributed by atoms with van der Waals surface area (Å²) in [4.78, 5) is 28.1. The lowest BCUT2D eigenvalue weighted by atomic mass is 10.2. The summed E-state index contributed by atoms with van der Waals surface area (Å²) in [6, 6.07) is 6.59. The molecule has 1 aromatic carbocycles. The maximum Gasteiger partial charge on any atom is 0.343 e. The average Bonchev–Trinajstić information content (AvgIpc) is 3.07. The number of anilines is 2. The summed E-state index contributed by atoms with van der Waals surface area (Å²) in [5.74, 6) is -1.10. The quantitative estimate of drug-likeness (QED) is 0.786. The Kier molecular flexibility index (Phi) is 5.90. The van der Waals surface area contributed by atoms with Crippen LogP contribution in [0.25, 0.3) is 0 Å². The molecule has 1 N–H and O–H groups in total. The molecule has 144 valence electrons. The number of aryl methyl sites for hydroxylation is 1. The summed E-state index contributed by atoms with van der Waals surface area (Å²) in [7, 11) is 1.70. The van der Waals surface area contributed by atoms with Crippen LogP contribution in [0.2, 0.25) is 0 Å². The molecule has 0 aliphatic carbocycles. The predicted molar refractivity (Wildman–Crippen MR) is 102 cm³/mol. The van der Waals surface area contributed by atoms with Crippen molar-refractivity contribution in [3.63, 3.8) is 0 Å². The molecule has 1 saturated heterocycles. The Morgan fingerprint density at radius 1 is 1.26 bits per heavy atom. The molecule has 2 aromatic rings. The van der Waals surface area contributed by atoms with Gasteiger partial charge in [0.2, 0.25) is 0 Å². The highest BCUT2D eigenvalue weighted by Gasteiger charge is 2.25. The fourth-order valence-electron chi connectivity index (χ4n) is 2.98. The molecular weight excluding hydrogens is 371 g/mol. The number of hydrogen-bond acceptors (Lipinski definition) is 7. The summed E-state index contributed by atoms with van der Waals surface area (Å²) in [6.07, 6.45) is 0. The zero-order valence-electron chi connectivity index (χ0n) is 15.2. The van der Waals surface area contributed by atoms with Gasteiger partial charge in [-0.1, -0.05) is 12.1 Å². The molecule has 0 bridgehead atoms. The predicted octanol–water partition coefficient (Wildman–Crippen LogP) is 2.14. The van der Waals surface area contributed by atoms with Crippen molar-refractivity contribution < 1.29 is 18.7 Å². The number of benzene rings is 1. The van der Waals surface area contributed by atoms with Crippen LogP contribution < -0.4 is 10.2 Å². The lowest BCUT2D eigenvalue weighted by Gasteiger charge is -2.36. The zero-order chi connectivity index (χ0) is 19.4. The topological polar surface area (TPSA) is 74.8 Å². The van der Waals surface area contributed by atoms with E-state index >= 15 is 0 Å². The van der Waals surface area contributed by atoms with Crippen LogP contribution in [-0.2, 0) is 9.53 Å². The maximum absolute atomic E-state index is 13.9. The van der Waals surface area contributed by atoms with Crippen molar-refractivity contribution in [1.82, 2.24) is 9.27 Å². The summed E-state index contributed by atoms with van der Waals surface area (Å²) < 4.78 is 23.2. The molecule has 1 amide bonds. The van der Waals surface area contributed by atoms with E-state index in [1.54, 1.807) is 37.1 Å². The Balaban J connectivity index is 1.52. The van der Waals surface area contributed by atoms with Gasteiger partial charge in [0.05, 0.1) is 11.4 Å². The fourth-order valence-corrected chi connectivity index (χ4v) is 3.71. The molecule has 2 heterocycles. The second kappa shape index (κ2) is 8.34. The number of piperazine rings is 1. The number of amides is 1. The Hall–Kier alpha value is -2.68. The molecule has 0 saturated carbocycles. The molecule has 1 aliphatic heterocycles. The van der Waals surface area contributed by atoms with Crippen LogP contribution in [-0.4, -0.2) is 61.0 Å². The van der Waals surface area contributed by atoms with Gasteiger partial charge in [0.15, 0.2) is 6.61 Å². The van der Waals surface area contributed by atoms with Gasteiger partial charge >= 0.3 is 5.97 Å². The van der Waals surface area contributed by atoms with Crippen molar-refractivity contribution >= 4 is 34.1 Å². The number of rotatable bonds is 5. The molecule has 0 unspecified atom stereocenters. The Labute approximate surface area is 160 Å². The molecule has 1 aliphatic rings. The fraction of sp³-hybridized carbons (Fsp3) is 0.389. The highest BCUT2D eigenvalue weighted by molar-refractivity contribution is 7.10. The van der Waals surface area contributed by atoms with Crippen molar-refractivity contribution in [3.8, 4) is 0 Å². The Morgan fingerprint density at radius 2 is 1.96 bits per heavy atom. The smallest absolute Gasteiger partial charge is 0.343 e. The first kappa shape index (κ1) is 19.1. The van der Waals surface area contributed by atoms with Crippen LogP contribution in [0.4, 0.5) is 15.1 Å². The second-order valence-corrected chi connectivity index (χ2v) is 6.89. The minimum atomic E-state index is -0.566. The van der Waals surface area contributed by atoms with Crippen LogP contribution in [0.15, 0.2) is 24.3 Å². The van der Waals surface area contributed by atoms with Crippen LogP contribution in [0.5, 0.6) is 0 Å². The molecule has 9 heteroatoms. The van der Waals surface area contributed by atoms with E-state index in [9.17, 15) is 14.0 Å². The number of aromatic nitrogens is 1. The first-order valence-electron chi connectivity index (χ1n) is 8.59. The highest BCUT2D eigenvalue weighted by atomic mass is 32.1. The van der Waals surface area contributed by atoms with Crippen LogP contribution in [0.1, 0.15) is 16.1 Å². The van der Waals surface area contributed by atoms with Gasteiger partial charge in [-0.25, -0.2) is 9.18 Å². The Bertz CT molecular complexity index is 834. The summed E-state index contributed by atoms with van der Waals surface area (Å²) >= 11 is 1.17. The van der Waals surface area contributed by atoms with Crippen molar-refractivity contribution in [2.75, 3.05) is 50.1 Å². The molecule has 3 rings (SSSR count). The van der Waals surface area contributed by atoms with E-state index in [1.165, 1.54) is 17.6 Å². The zero-order valence-corrected chi connectivity index (χ0v) is 16.0. The van der Waals surface area contributed by atoms with Crippen molar-refractivity contribution in [2.45, 2.75) is 6.92 Å². The molecule has 0 spiro atoms. The van der Waals surface area contributed by atoms with E-state index in [-0.39, 0.29) is 18.3 Å². The average molecular weight is 392 g/mol. The van der Waals surface area contributed by atoms with Gasteiger partial charge in [0.25, 0.3) is 5.91 Å². The molecule has 7 nitrogen and oxygen atoms in total. The van der Waals surface area contributed by atoms with Crippen molar-refractivity contribution in [1.29, 1.82) is 0 Å². The number of halogens is 1. The summed E-state index contributed by atoms with van der Waals surface area (Å²) in [6.45, 7) is 3.35. The molecular formula is C18H21FN4O3S. The molecule has 1 aromatic heterocycles. The van der Waals surface area contributed by atoms with Gasteiger partial charge in [-0.05, 0) is 30.6 Å². The molecule has 0 radical (unpaired) electrons. The monoisotopic (exact) mass is 392 g/mol. The van der Waals surface area contributed by atoms with E-state index in [4.69, 9.17) is 4.74 Å². The number of hydrogen-bond donors (Lipinski definition) is 1. The maximum atomic E-state index is 13.9. The van der Waals surface area contributed by atoms with Gasteiger partial charge < -0.3 is 19.9 Å². The van der Waals surface area contributed by atoms with Gasteiger partial charge in [-0.3, -0.25) is 4.79 Å².